The van der Waals surface area contributed by atoms with E-state index in [0.717, 1.165) is 6.07 Å². The van der Waals surface area contributed by atoms with Gasteiger partial charge in [0.2, 0.25) is 0 Å². The lowest BCUT2D eigenvalue weighted by Crippen LogP contribution is -2.30. The number of carboxylic acid groups (broad SMARTS) is 1. The van der Waals surface area contributed by atoms with Crippen LogP contribution in [-0.2, 0) is 65.6 Å². The maximum absolute atomic E-state index is 12.7. The van der Waals surface area contributed by atoms with Crippen LogP contribution in [0.3, 0.4) is 0 Å². The lowest BCUT2D eigenvalue weighted by atomic mass is 9.74. The zero-order chi connectivity index (χ0) is 50.6. The van der Waals surface area contributed by atoms with Crippen LogP contribution >= 0.6 is 0 Å². The zero-order valence-corrected chi connectivity index (χ0v) is 41.3. The maximum Gasteiger partial charge on any atom is 0.303 e. The van der Waals surface area contributed by atoms with Crippen LogP contribution in [0.5, 0.6) is 0 Å². The monoisotopic (exact) mass is 1020 g/mol. The average molecular weight is 1020 g/mol. The number of methoxy groups -OCH3 is 1. The Morgan fingerprint density at radius 3 is 1.85 bits per heavy atom. The number of ether oxygens (including phenoxy) is 2. The molecule has 1 heterocycles. The van der Waals surface area contributed by atoms with Crippen LogP contribution in [-0.4, -0.2) is 96.4 Å². The molecule has 0 fully saturated rings. The molecule has 68 heavy (non-hydrogen) atoms. The molecular formula is C47H55NO16S4. The van der Waals surface area contributed by atoms with Crippen molar-refractivity contribution >= 4 is 73.7 Å². The van der Waals surface area contributed by atoms with E-state index in [9.17, 15) is 61.8 Å². The van der Waals surface area contributed by atoms with Gasteiger partial charge in [-0.15, -0.1) is 0 Å². The number of nitrogens with zero attached hydrogens (tertiary/aromatic N) is 1. The van der Waals surface area contributed by atoms with Gasteiger partial charge in [0, 0.05) is 59.7 Å². The number of fused-ring (bicyclic) bond motifs is 4. The summed E-state index contributed by atoms with van der Waals surface area (Å²) in [5.74, 6) is -0.927. The largest absolute Gasteiger partial charge is 0.481 e. The Labute approximate surface area is 397 Å². The van der Waals surface area contributed by atoms with Gasteiger partial charge in [-0.05, 0) is 103 Å². The van der Waals surface area contributed by atoms with E-state index in [1.807, 2.05) is 17.9 Å². The second kappa shape index (κ2) is 20.9. The second-order valence-corrected chi connectivity index (χ2v) is 22.6. The molecule has 368 valence electrons. The highest BCUT2D eigenvalue weighted by molar-refractivity contribution is 7.87. The van der Waals surface area contributed by atoms with Gasteiger partial charge in [-0.3, -0.25) is 23.0 Å². The van der Waals surface area contributed by atoms with Crippen LogP contribution in [0.25, 0.3) is 21.5 Å². The summed E-state index contributed by atoms with van der Waals surface area (Å²) in [4.78, 5) is 10.4. The Balaban J connectivity index is 1.56. The van der Waals surface area contributed by atoms with Gasteiger partial charge in [-0.25, -0.2) is 0 Å². The first-order valence-electron chi connectivity index (χ1n) is 21.1. The van der Waals surface area contributed by atoms with E-state index in [1.165, 1.54) is 25.3 Å². The number of aliphatic carboxylic acids is 1. The fraction of sp³-hybridized carbons (Fsp3) is 0.340. The number of allylic oxidation sites excluding steroid dienone is 9. The minimum absolute atomic E-state index is 0.0178. The summed E-state index contributed by atoms with van der Waals surface area (Å²) < 4.78 is 151. The highest BCUT2D eigenvalue weighted by Gasteiger charge is 2.45. The number of carbonyl (C=O) groups is 1. The number of benzene rings is 4. The quantitative estimate of drug-likeness (QED) is 0.0282. The summed E-state index contributed by atoms with van der Waals surface area (Å²) >= 11 is 0. The van der Waals surface area contributed by atoms with Crippen molar-refractivity contribution in [1.82, 2.24) is 0 Å². The van der Waals surface area contributed by atoms with Crippen LogP contribution < -0.4 is 4.90 Å². The van der Waals surface area contributed by atoms with Crippen LogP contribution in [0.4, 0.5) is 5.69 Å². The summed E-state index contributed by atoms with van der Waals surface area (Å²) in [5.41, 5.74) is 1.52. The molecule has 1 unspecified atom stereocenters. The number of carboxylic acids is 1. The van der Waals surface area contributed by atoms with E-state index < -0.39 is 76.9 Å². The lowest BCUT2D eigenvalue weighted by molar-refractivity contribution is -0.137. The Hall–Kier alpha value is -5.07. The molecule has 0 aliphatic carbocycles. The number of unbranched alkanes of at least 4 members (excludes halogenated alkanes) is 2. The lowest BCUT2D eigenvalue weighted by Gasteiger charge is -2.31. The smallest absolute Gasteiger partial charge is 0.303 e. The molecule has 1 aliphatic rings. The molecule has 0 saturated heterocycles. The van der Waals surface area contributed by atoms with Crippen molar-refractivity contribution in [3.05, 3.63) is 126 Å². The Kier molecular flexibility index (Phi) is 16.5. The molecule has 0 amide bonds. The molecule has 0 saturated carbocycles. The van der Waals surface area contributed by atoms with E-state index in [-0.39, 0.29) is 47.6 Å². The van der Waals surface area contributed by atoms with Crippen LogP contribution in [0, 0.1) is 6.92 Å². The summed E-state index contributed by atoms with van der Waals surface area (Å²) in [6.07, 6.45) is 14.0. The van der Waals surface area contributed by atoms with Crippen LogP contribution in [0.2, 0.25) is 0 Å². The molecule has 5 N–H and O–H groups in total. The summed E-state index contributed by atoms with van der Waals surface area (Å²) in [6.45, 7) is 12.6. The van der Waals surface area contributed by atoms with Crippen molar-refractivity contribution in [2.75, 3.05) is 38.4 Å². The first-order valence-corrected chi connectivity index (χ1v) is 26.9. The maximum atomic E-state index is 12.7. The van der Waals surface area contributed by atoms with E-state index >= 15 is 0 Å². The van der Waals surface area contributed by atoms with E-state index in [4.69, 9.17) is 9.47 Å². The third-order valence-corrected chi connectivity index (χ3v) is 15.5. The minimum Gasteiger partial charge on any atom is -0.481 e. The van der Waals surface area contributed by atoms with Gasteiger partial charge in [0.15, 0.2) is 0 Å². The average Bonchev–Trinajstić information content (AvgIpc) is 3.46. The molecule has 17 nitrogen and oxygen atoms in total. The normalized spacial score (nSPS) is 16.9. The van der Waals surface area contributed by atoms with E-state index in [0.29, 0.717) is 78.2 Å². The molecule has 1 aliphatic heterocycles. The molecule has 0 bridgehead atoms. The van der Waals surface area contributed by atoms with Crippen molar-refractivity contribution in [1.29, 1.82) is 0 Å². The first-order chi connectivity index (χ1) is 31.5. The topological polar surface area (TPSA) is 276 Å². The van der Waals surface area contributed by atoms with Crippen LogP contribution in [0.1, 0.15) is 69.6 Å². The number of hydrogen-bond donors (Lipinski definition) is 5. The van der Waals surface area contributed by atoms with Gasteiger partial charge in [-0.1, -0.05) is 81.5 Å². The number of rotatable bonds is 22. The highest BCUT2D eigenvalue weighted by Crippen LogP contribution is 2.54. The van der Waals surface area contributed by atoms with E-state index in [2.05, 4.69) is 6.58 Å². The van der Waals surface area contributed by atoms with Gasteiger partial charge in [0.25, 0.3) is 40.5 Å². The van der Waals surface area contributed by atoms with Gasteiger partial charge in [-0.2, -0.15) is 33.7 Å². The highest BCUT2D eigenvalue weighted by atomic mass is 32.2. The summed E-state index contributed by atoms with van der Waals surface area (Å²) in [5, 5.41) is 9.60. The van der Waals surface area contributed by atoms with Gasteiger partial charge in [0.1, 0.15) is 9.79 Å². The molecule has 0 spiro atoms. The Bertz CT molecular complexity index is 3230. The molecule has 4 aromatic rings. The van der Waals surface area contributed by atoms with E-state index in [1.54, 1.807) is 69.4 Å². The molecule has 0 radical (unpaired) electrons. The van der Waals surface area contributed by atoms with Crippen molar-refractivity contribution < 1.29 is 71.3 Å². The second-order valence-electron chi connectivity index (χ2n) is 17.0. The summed E-state index contributed by atoms with van der Waals surface area (Å²) in [7, 11) is -18.2. The first kappa shape index (κ1) is 53.9. The molecule has 0 aromatic heterocycles. The Morgan fingerprint density at radius 2 is 1.28 bits per heavy atom. The number of hydrogen-bond acceptors (Lipinski definition) is 12. The molecule has 1 atom stereocenters. The fourth-order valence-corrected chi connectivity index (χ4v) is 11.3. The molecule has 4 aromatic carbocycles. The standard InChI is InChI=1S/C47H55NO16S4/c1-31-18-19-35-37(27-33(65(51,52)53)29-40(35)67(57,58)59)44(31)46(3,4)32(2)15-11-8-7-9-12-16-42-47(5,22-24-64-26-25-63-6)45-38-28-34(66(54,55)56)30-41(68(60,61)62)36(38)20-21-39(45)48(42)23-14-10-13-17-43(49)50/h7-9,11-12,15-16,18-21,27-30H,2,10,13-14,17,22-26H2,1,3-6H3,(H,49,50)(H,51,52,53)(H,54,55,56)(H,57,58,59)(H,60,61,62)/b8-7+,12-9+,15-11+,42-16+. The Morgan fingerprint density at radius 1 is 0.721 bits per heavy atom. The third kappa shape index (κ3) is 12.0. The van der Waals surface area contributed by atoms with Crippen LogP contribution in [0.15, 0.2) is 128 Å². The van der Waals surface area contributed by atoms with Gasteiger partial charge < -0.3 is 19.5 Å². The van der Waals surface area contributed by atoms with Crippen molar-refractivity contribution in [3.63, 3.8) is 0 Å². The van der Waals surface area contributed by atoms with Crippen molar-refractivity contribution in [3.8, 4) is 0 Å². The van der Waals surface area contributed by atoms with Gasteiger partial charge >= 0.3 is 5.97 Å². The fourth-order valence-electron chi connectivity index (χ4n) is 8.65. The predicted octanol–water partition coefficient (Wildman–Crippen LogP) is 8.15. The summed E-state index contributed by atoms with van der Waals surface area (Å²) in [6, 6.07) is 9.92. The molecule has 5 rings (SSSR count). The SMILES string of the molecule is C=C(/C=C/C=C/C=C/C=C1/N(CCCCCC(=O)O)c2ccc3c(S(=O)(=O)O)cc(S(=O)(=O)O)cc3c2C1(C)CCOCCOC)C(C)(C)c1c(C)ccc2c(S(=O)(=O)O)cc(S(=O)(=O)O)cc12. The van der Waals surface area contributed by atoms with Crippen molar-refractivity contribution in [2.24, 2.45) is 0 Å². The minimum atomic E-state index is -5.00. The predicted molar refractivity (Wildman–Crippen MR) is 258 cm³/mol. The number of aryl methyl sites for hydroxylation is 1. The zero-order valence-electron chi connectivity index (χ0n) is 38.0. The van der Waals surface area contributed by atoms with Crippen molar-refractivity contribution in [2.45, 2.75) is 90.2 Å². The van der Waals surface area contributed by atoms with Gasteiger partial charge in [0.05, 0.1) is 23.0 Å². The molecular weight excluding hydrogens is 963 g/mol. The molecule has 21 heteroatoms. The third-order valence-electron chi connectivity index (χ3n) is 12.1. The number of anilines is 1.